The summed E-state index contributed by atoms with van der Waals surface area (Å²) < 4.78 is 5.32. The van der Waals surface area contributed by atoms with Crippen LogP contribution in [0.1, 0.15) is 19.8 Å². The molecule has 1 heterocycles. The Balaban J connectivity index is 2.14. The molecule has 0 aromatic heterocycles. The Labute approximate surface area is 77.1 Å². The van der Waals surface area contributed by atoms with Gasteiger partial charge in [0.25, 0.3) is 0 Å². The van der Waals surface area contributed by atoms with E-state index >= 15 is 0 Å². The van der Waals surface area contributed by atoms with Gasteiger partial charge in [-0.1, -0.05) is 0 Å². The summed E-state index contributed by atoms with van der Waals surface area (Å²) in [4.78, 5) is 11.6. The Kier molecular flexibility index (Phi) is 1.11. The van der Waals surface area contributed by atoms with Crippen LogP contribution in [0.3, 0.4) is 0 Å². The highest BCUT2D eigenvalue weighted by atomic mass is 32.1. The van der Waals surface area contributed by atoms with Gasteiger partial charge in [-0.2, -0.15) is 12.6 Å². The first-order chi connectivity index (χ1) is 5.64. The van der Waals surface area contributed by atoms with Crippen molar-refractivity contribution in [2.45, 2.75) is 31.1 Å². The number of thiol groups is 1. The largest absolute Gasteiger partial charge is 0.462 e. The van der Waals surface area contributed by atoms with Crippen molar-refractivity contribution >= 4 is 18.6 Å². The van der Waals surface area contributed by atoms with Gasteiger partial charge in [0.15, 0.2) is 0 Å². The van der Waals surface area contributed by atoms with Gasteiger partial charge in [-0.3, -0.25) is 4.79 Å². The van der Waals surface area contributed by atoms with Crippen LogP contribution in [0.4, 0.5) is 0 Å². The van der Waals surface area contributed by atoms with Gasteiger partial charge in [-0.25, -0.2) is 0 Å². The molecular formula is C9H12O2S. The molecule has 12 heavy (non-hydrogen) atoms. The molecule has 0 radical (unpaired) electrons. The lowest BCUT2D eigenvalue weighted by molar-refractivity contribution is -0.146. The summed E-state index contributed by atoms with van der Waals surface area (Å²) in [6.45, 7) is 2.02. The lowest BCUT2D eigenvalue weighted by Gasteiger charge is -2.29. The van der Waals surface area contributed by atoms with E-state index in [1.807, 2.05) is 6.92 Å². The van der Waals surface area contributed by atoms with E-state index in [4.69, 9.17) is 4.74 Å². The number of rotatable bonds is 0. The molecule has 0 amide bonds. The van der Waals surface area contributed by atoms with Gasteiger partial charge in [-0.05, 0) is 25.7 Å². The van der Waals surface area contributed by atoms with Gasteiger partial charge in [-0.15, -0.1) is 0 Å². The summed E-state index contributed by atoms with van der Waals surface area (Å²) in [5.41, 5.74) is -0.253. The van der Waals surface area contributed by atoms with E-state index in [2.05, 4.69) is 12.6 Å². The quantitative estimate of drug-likeness (QED) is 0.453. The summed E-state index contributed by atoms with van der Waals surface area (Å²) in [6.07, 6.45) is 2.44. The lowest BCUT2D eigenvalue weighted by Crippen LogP contribution is -2.37. The number of fused-ring (bicyclic) bond motifs is 1. The molecule has 1 saturated heterocycles. The number of carbonyl (C=O) groups is 1. The van der Waals surface area contributed by atoms with Gasteiger partial charge >= 0.3 is 5.97 Å². The van der Waals surface area contributed by atoms with Crippen LogP contribution in [0.2, 0.25) is 0 Å². The third kappa shape index (κ3) is 0.534. The minimum absolute atomic E-state index is 0.00231. The van der Waals surface area contributed by atoms with Crippen molar-refractivity contribution in [1.82, 2.24) is 0 Å². The number of carbonyl (C=O) groups excluding carboxylic acids is 1. The highest BCUT2D eigenvalue weighted by Crippen LogP contribution is 2.63. The van der Waals surface area contributed by atoms with Crippen LogP contribution in [-0.2, 0) is 9.53 Å². The predicted octanol–water partition coefficient (Wildman–Crippen LogP) is 1.26. The van der Waals surface area contributed by atoms with Gasteiger partial charge in [0.2, 0.25) is 0 Å². The van der Waals surface area contributed by atoms with Crippen molar-refractivity contribution in [2.75, 3.05) is 0 Å². The zero-order valence-corrected chi connectivity index (χ0v) is 7.88. The van der Waals surface area contributed by atoms with Crippen LogP contribution in [-0.4, -0.2) is 17.3 Å². The average Bonchev–Trinajstić information content (AvgIpc) is 2.56. The van der Waals surface area contributed by atoms with E-state index in [-0.39, 0.29) is 22.7 Å². The summed E-state index contributed by atoms with van der Waals surface area (Å²) in [5, 5.41) is 0.244. The van der Waals surface area contributed by atoms with Crippen molar-refractivity contribution in [3.8, 4) is 0 Å². The van der Waals surface area contributed by atoms with Gasteiger partial charge < -0.3 is 4.74 Å². The first-order valence-corrected chi connectivity index (χ1v) is 5.05. The zero-order chi connectivity index (χ0) is 8.51. The van der Waals surface area contributed by atoms with Crippen molar-refractivity contribution in [3.05, 3.63) is 0 Å². The number of esters is 1. The Morgan fingerprint density at radius 1 is 1.58 bits per heavy atom. The molecular weight excluding hydrogens is 172 g/mol. The van der Waals surface area contributed by atoms with E-state index in [0.717, 1.165) is 12.8 Å². The number of hydrogen-bond donors (Lipinski definition) is 1. The molecule has 2 aliphatic carbocycles. The Bertz CT molecular complexity index is 265. The SMILES string of the molecule is CC12C(=O)OC3CC(CC31)C2S. The minimum atomic E-state index is -0.253. The zero-order valence-electron chi connectivity index (χ0n) is 6.99. The Morgan fingerprint density at radius 3 is 2.92 bits per heavy atom. The Hall–Kier alpha value is -0.180. The van der Waals surface area contributed by atoms with Crippen LogP contribution >= 0.6 is 12.6 Å². The third-order valence-electron chi connectivity index (χ3n) is 4.07. The average molecular weight is 184 g/mol. The van der Waals surface area contributed by atoms with E-state index in [1.54, 1.807) is 0 Å². The molecule has 5 atom stereocenters. The van der Waals surface area contributed by atoms with E-state index in [1.165, 1.54) is 0 Å². The molecule has 2 saturated carbocycles. The molecule has 1 aliphatic heterocycles. The fourth-order valence-corrected chi connectivity index (χ4v) is 3.84. The number of hydrogen-bond acceptors (Lipinski definition) is 3. The first-order valence-electron chi connectivity index (χ1n) is 4.53. The van der Waals surface area contributed by atoms with Crippen LogP contribution in [0.5, 0.6) is 0 Å². The third-order valence-corrected chi connectivity index (χ3v) is 5.03. The molecule has 2 nitrogen and oxygen atoms in total. The van der Waals surface area contributed by atoms with E-state index in [9.17, 15) is 4.79 Å². The molecule has 2 bridgehead atoms. The predicted molar refractivity (Wildman–Crippen MR) is 47.0 cm³/mol. The van der Waals surface area contributed by atoms with Gasteiger partial charge in [0.1, 0.15) is 6.10 Å². The molecule has 0 aromatic rings. The molecule has 66 valence electrons. The number of ether oxygens (including phenoxy) is 1. The summed E-state index contributed by atoms with van der Waals surface area (Å²) in [7, 11) is 0. The summed E-state index contributed by atoms with van der Waals surface area (Å²) in [6, 6.07) is 0. The first kappa shape index (κ1) is 7.25. The monoisotopic (exact) mass is 184 g/mol. The van der Waals surface area contributed by atoms with Crippen LogP contribution in [0.15, 0.2) is 0 Å². The smallest absolute Gasteiger partial charge is 0.313 e. The van der Waals surface area contributed by atoms with E-state index in [0.29, 0.717) is 11.8 Å². The van der Waals surface area contributed by atoms with Crippen molar-refractivity contribution in [1.29, 1.82) is 0 Å². The van der Waals surface area contributed by atoms with Crippen LogP contribution < -0.4 is 0 Å². The highest BCUT2D eigenvalue weighted by Gasteiger charge is 2.68. The second kappa shape index (κ2) is 1.84. The minimum Gasteiger partial charge on any atom is -0.462 e. The van der Waals surface area contributed by atoms with Crippen molar-refractivity contribution in [2.24, 2.45) is 17.3 Å². The highest BCUT2D eigenvalue weighted by molar-refractivity contribution is 7.81. The van der Waals surface area contributed by atoms with Crippen LogP contribution in [0.25, 0.3) is 0 Å². The molecule has 0 aromatic carbocycles. The second-order valence-electron chi connectivity index (χ2n) is 4.51. The maximum atomic E-state index is 11.6. The summed E-state index contributed by atoms with van der Waals surface area (Å²) >= 11 is 4.54. The molecule has 0 spiro atoms. The van der Waals surface area contributed by atoms with Gasteiger partial charge in [0.05, 0.1) is 5.41 Å². The maximum absolute atomic E-state index is 11.6. The van der Waals surface area contributed by atoms with Gasteiger partial charge in [0, 0.05) is 11.2 Å². The van der Waals surface area contributed by atoms with Crippen LogP contribution in [0, 0.1) is 17.3 Å². The molecule has 0 N–H and O–H groups in total. The normalized spacial score (nSPS) is 61.0. The topological polar surface area (TPSA) is 26.3 Å². The lowest BCUT2D eigenvalue weighted by atomic mass is 9.75. The molecule has 3 fully saturated rings. The van der Waals surface area contributed by atoms with Crippen molar-refractivity contribution in [3.63, 3.8) is 0 Å². The molecule has 5 unspecified atom stereocenters. The molecule has 3 rings (SSSR count). The summed E-state index contributed by atoms with van der Waals surface area (Å²) in [5.74, 6) is 1.09. The fourth-order valence-electron chi connectivity index (χ4n) is 3.30. The van der Waals surface area contributed by atoms with Crippen molar-refractivity contribution < 1.29 is 9.53 Å². The fraction of sp³-hybridized carbons (Fsp3) is 0.889. The Morgan fingerprint density at radius 2 is 2.33 bits per heavy atom. The van der Waals surface area contributed by atoms with E-state index < -0.39 is 0 Å². The second-order valence-corrected chi connectivity index (χ2v) is 5.07. The standard InChI is InChI=1S/C9H12O2S/c1-9-5-2-4(7(9)12)3-6(5)11-8(9)10/h4-7,12H,2-3H2,1H3. The molecule has 3 heteroatoms. The molecule has 3 aliphatic rings. The maximum Gasteiger partial charge on any atom is 0.313 e.